The van der Waals surface area contributed by atoms with Crippen LogP contribution in [-0.2, 0) is 20.4 Å². The van der Waals surface area contributed by atoms with Gasteiger partial charge in [-0.05, 0) is 57.9 Å². The van der Waals surface area contributed by atoms with Gasteiger partial charge in [0.2, 0.25) is 0 Å². The molecule has 0 radical (unpaired) electrons. The Kier molecular flexibility index (Phi) is 6.80. The van der Waals surface area contributed by atoms with Crippen molar-refractivity contribution in [2.75, 3.05) is 0 Å². The molecule has 0 saturated carbocycles. The molecule has 0 atom stereocenters. The predicted octanol–water partition coefficient (Wildman–Crippen LogP) is 0.798. The zero-order valence-electron chi connectivity index (χ0n) is 14.6. The van der Waals surface area contributed by atoms with Gasteiger partial charge in [0.1, 0.15) is 0 Å². The molecule has 6 nitrogen and oxygen atoms in total. The third kappa shape index (κ3) is 3.30. The van der Waals surface area contributed by atoms with Gasteiger partial charge >= 0.3 is 0 Å². The van der Waals surface area contributed by atoms with Crippen LogP contribution in [0.4, 0.5) is 0 Å². The molecule has 0 fully saturated rings. The summed E-state index contributed by atoms with van der Waals surface area (Å²) in [6.45, 7) is 12.4. The van der Waals surface area contributed by atoms with Crippen molar-refractivity contribution in [2.45, 2.75) is 41.5 Å². The average molecular weight is 484 g/mol. The summed E-state index contributed by atoms with van der Waals surface area (Å²) >= 11 is 0. The second kappa shape index (κ2) is 7.81. The first-order chi connectivity index (χ1) is 10.4. The van der Waals surface area contributed by atoms with Crippen LogP contribution in [0.15, 0.2) is 0 Å². The topological polar surface area (TPSA) is 86.0 Å². The van der Waals surface area contributed by atoms with E-state index in [0.717, 1.165) is 34.2 Å². The fraction of sp³-hybridized carbons (Fsp3) is 0.400. The molecule has 0 saturated heterocycles. The van der Waals surface area contributed by atoms with Crippen LogP contribution in [0.5, 0.6) is 0 Å². The van der Waals surface area contributed by atoms with Gasteiger partial charge in [-0.15, -0.1) is 17.0 Å². The summed E-state index contributed by atoms with van der Waals surface area (Å²) in [5.41, 5.74) is 9.93. The molecule has 3 aromatic rings. The number of H-pyrrole nitrogens is 3. The third-order valence-corrected chi connectivity index (χ3v) is 4.42. The Labute approximate surface area is 166 Å². The van der Waals surface area contributed by atoms with Crippen LogP contribution in [-0.4, -0.2) is 37.3 Å². The molecule has 0 aliphatic carbocycles. The van der Waals surface area contributed by atoms with Crippen LogP contribution in [0.2, 0.25) is 0 Å². The van der Waals surface area contributed by atoms with Crippen molar-refractivity contribution in [1.29, 1.82) is 0 Å². The first-order valence-electron chi connectivity index (χ1n) is 7.46. The number of rotatable bonds is 3. The Hall–Kier alpha value is -1.16. The summed E-state index contributed by atoms with van der Waals surface area (Å²) in [6, 6.07) is 0. The molecular weight excluding hydrogens is 461 g/mol. The van der Waals surface area contributed by atoms with E-state index in [4.69, 9.17) is 0 Å². The summed E-state index contributed by atoms with van der Waals surface area (Å²) < 4.78 is 0. The van der Waals surface area contributed by atoms with Gasteiger partial charge in [-0.2, -0.15) is 15.3 Å². The minimum absolute atomic E-state index is 0. The molecule has 3 aromatic heterocycles. The smallest absolute Gasteiger partial charge is 0.255 e. The number of nitrogens with zero attached hydrogens (tertiary/aromatic N) is 3. The van der Waals surface area contributed by atoms with E-state index in [9.17, 15) is 0 Å². The van der Waals surface area contributed by atoms with Gasteiger partial charge < -0.3 is 0 Å². The standard InChI is InChI=1S/C15H21BN6.BrH.Pd/c1-7-13(8(2)18-17-7)16(14-9(3)19-20-10(14)4)15-11(5)21-22-12(15)6;;/h1-6H3,(H,17,18)(H,19,20)(H,21,22);1H;. The van der Waals surface area contributed by atoms with Gasteiger partial charge in [-0.3, -0.25) is 15.3 Å². The number of halogens is 1. The largest absolute Gasteiger partial charge is 0.283 e. The van der Waals surface area contributed by atoms with Crippen molar-refractivity contribution in [3.8, 4) is 0 Å². The summed E-state index contributed by atoms with van der Waals surface area (Å²) in [5.74, 6) is 0. The van der Waals surface area contributed by atoms with Crippen molar-refractivity contribution in [3.05, 3.63) is 34.2 Å². The first-order valence-corrected chi connectivity index (χ1v) is 7.46. The van der Waals surface area contributed by atoms with E-state index in [1.54, 1.807) is 0 Å². The molecular formula is C15H22BBrN6Pd. The summed E-state index contributed by atoms with van der Waals surface area (Å²) in [5, 5.41) is 22.5. The number of hydrogen-bond donors (Lipinski definition) is 3. The Morgan fingerprint density at radius 1 is 0.583 bits per heavy atom. The van der Waals surface area contributed by atoms with Crippen LogP contribution in [0.25, 0.3) is 0 Å². The Balaban J connectivity index is 0.00000144. The van der Waals surface area contributed by atoms with E-state index in [-0.39, 0.29) is 44.1 Å². The number of aromatic amines is 3. The van der Waals surface area contributed by atoms with E-state index in [1.165, 1.54) is 16.4 Å². The second-order valence-corrected chi connectivity index (χ2v) is 5.98. The molecule has 0 aliphatic heterocycles. The van der Waals surface area contributed by atoms with Crippen molar-refractivity contribution >= 4 is 40.1 Å². The molecule has 3 N–H and O–H groups in total. The number of aromatic nitrogens is 6. The van der Waals surface area contributed by atoms with Gasteiger partial charge in [0, 0.05) is 37.5 Å². The molecule has 9 heteroatoms. The third-order valence-electron chi connectivity index (χ3n) is 4.42. The predicted molar refractivity (Wildman–Crippen MR) is 99.2 cm³/mol. The summed E-state index contributed by atoms with van der Waals surface area (Å²) in [4.78, 5) is 0. The quantitative estimate of drug-likeness (QED) is 0.482. The van der Waals surface area contributed by atoms with Crippen molar-refractivity contribution in [1.82, 2.24) is 30.6 Å². The average Bonchev–Trinajstić information content (AvgIpc) is 3.08. The first kappa shape index (κ1) is 20.9. The van der Waals surface area contributed by atoms with Crippen LogP contribution < -0.4 is 16.4 Å². The van der Waals surface area contributed by atoms with Crippen molar-refractivity contribution in [2.24, 2.45) is 0 Å². The Morgan fingerprint density at radius 3 is 1.00 bits per heavy atom. The van der Waals surface area contributed by atoms with Crippen LogP contribution >= 0.6 is 17.0 Å². The molecule has 0 aliphatic rings. The van der Waals surface area contributed by atoms with Crippen molar-refractivity contribution < 1.29 is 20.4 Å². The molecule has 0 aromatic carbocycles. The van der Waals surface area contributed by atoms with E-state index < -0.39 is 0 Å². The van der Waals surface area contributed by atoms with Gasteiger partial charge in [0.05, 0.1) is 17.1 Å². The Bertz CT molecular complexity index is 669. The molecule has 0 unspecified atom stereocenters. The second-order valence-electron chi connectivity index (χ2n) is 5.98. The van der Waals surface area contributed by atoms with Gasteiger partial charge in [-0.25, -0.2) is 0 Å². The minimum atomic E-state index is 0. The SMILES string of the molecule is Br.Cc1n[nH]c(C)c1B(c1c(C)n[nH]c1C)c1c(C)n[nH]c1C.[Pd]. The fourth-order valence-electron chi connectivity index (χ4n) is 3.39. The molecule has 0 bridgehead atoms. The zero-order chi connectivity index (χ0) is 16.0. The Morgan fingerprint density at radius 2 is 0.833 bits per heavy atom. The van der Waals surface area contributed by atoms with Crippen LogP contribution in [0, 0.1) is 41.5 Å². The van der Waals surface area contributed by atoms with Gasteiger partial charge in [0.25, 0.3) is 6.71 Å². The maximum Gasteiger partial charge on any atom is 0.255 e. The van der Waals surface area contributed by atoms with E-state index in [2.05, 4.69) is 51.4 Å². The monoisotopic (exact) mass is 482 g/mol. The van der Waals surface area contributed by atoms with Gasteiger partial charge in [0.15, 0.2) is 0 Å². The van der Waals surface area contributed by atoms with E-state index in [0.29, 0.717) is 0 Å². The number of hydrogen-bond acceptors (Lipinski definition) is 3. The van der Waals surface area contributed by atoms with Crippen LogP contribution in [0.3, 0.4) is 0 Å². The van der Waals surface area contributed by atoms with E-state index in [1.807, 2.05) is 20.8 Å². The maximum absolute atomic E-state index is 4.39. The fourth-order valence-corrected chi connectivity index (χ4v) is 3.39. The zero-order valence-corrected chi connectivity index (χ0v) is 17.9. The molecule has 3 heterocycles. The van der Waals surface area contributed by atoms with Gasteiger partial charge in [-0.1, -0.05) is 0 Å². The molecule has 0 spiro atoms. The normalized spacial score (nSPS) is 10.2. The van der Waals surface area contributed by atoms with E-state index >= 15 is 0 Å². The van der Waals surface area contributed by atoms with Crippen LogP contribution in [0.1, 0.15) is 34.2 Å². The molecule has 132 valence electrons. The molecule has 0 amide bonds. The number of aryl methyl sites for hydroxylation is 6. The summed E-state index contributed by atoms with van der Waals surface area (Å²) in [6.07, 6.45) is 0. The maximum atomic E-state index is 4.39. The molecule has 3 rings (SSSR count). The summed E-state index contributed by atoms with van der Waals surface area (Å²) in [7, 11) is 0. The molecule has 24 heavy (non-hydrogen) atoms. The minimum Gasteiger partial charge on any atom is -0.283 e. The number of nitrogens with one attached hydrogen (secondary N) is 3. The van der Waals surface area contributed by atoms with Crippen molar-refractivity contribution in [3.63, 3.8) is 0 Å².